The number of hydrogen-bond acceptors (Lipinski definition) is 0. The second-order valence-corrected chi connectivity index (χ2v) is 3.02. The zero-order chi connectivity index (χ0) is 5.86. The fourth-order valence-corrected chi connectivity index (χ4v) is 0.943. The molecule has 0 rings (SSSR count). The Morgan fingerprint density at radius 3 is 1.14 bits per heavy atom. The van der Waals surface area contributed by atoms with Gasteiger partial charge in [0, 0.05) is 0 Å². The highest BCUT2D eigenvalue weighted by atomic mass is 13.5. The normalized spacial score (nSPS) is 8.57. The summed E-state index contributed by atoms with van der Waals surface area (Å²) in [4.78, 5) is 0. The van der Waals surface area contributed by atoms with Crippen LogP contribution >= 0.6 is 0 Å². The van der Waals surface area contributed by atoms with E-state index in [-0.39, 0.29) is 0 Å². The Kier molecular flexibility index (Phi) is 3.23. The molecular weight excluding hydrogens is 81.7 g/mol. The van der Waals surface area contributed by atoms with E-state index < -0.39 is 0 Å². The Morgan fingerprint density at radius 2 is 1.14 bits per heavy atom. The summed E-state index contributed by atoms with van der Waals surface area (Å²) in [6.07, 6.45) is 1.36. The maximum absolute atomic E-state index is 2.26. The lowest BCUT2D eigenvalue weighted by atomic mass is 9.32. The van der Waals surface area contributed by atoms with Crippen LogP contribution in [0.25, 0.3) is 0 Å². The second kappa shape index (κ2) is 3.17. The van der Waals surface area contributed by atoms with Gasteiger partial charge >= 0.3 is 0 Å². The molecule has 0 aliphatic heterocycles. The summed E-state index contributed by atoms with van der Waals surface area (Å²) in [5.41, 5.74) is 0. The molecule has 0 aliphatic carbocycles. The molecule has 40 valence electrons. The molecule has 0 nitrogen and oxygen atoms in total. The van der Waals surface area contributed by atoms with Crippen molar-refractivity contribution >= 4 is 13.4 Å². The van der Waals surface area contributed by atoms with Crippen molar-refractivity contribution in [3.05, 3.63) is 0 Å². The Bertz CT molecular complexity index is 35.3. The maximum atomic E-state index is 2.26. The van der Waals surface area contributed by atoms with Crippen molar-refractivity contribution in [1.82, 2.24) is 0 Å². The van der Waals surface area contributed by atoms with Crippen LogP contribution in [0.3, 0.4) is 0 Å². The Hall–Kier alpha value is 0.130. The number of hydrogen-bond donors (Lipinski definition) is 0. The van der Waals surface area contributed by atoms with Crippen molar-refractivity contribution in [1.29, 1.82) is 0 Å². The van der Waals surface area contributed by atoms with E-state index >= 15 is 0 Å². The molecule has 0 unspecified atom stereocenters. The highest BCUT2D eigenvalue weighted by molar-refractivity contribution is 6.74. The minimum atomic E-state index is 0.875. The van der Waals surface area contributed by atoms with E-state index in [1.54, 1.807) is 0 Å². The van der Waals surface area contributed by atoms with E-state index in [1.165, 1.54) is 6.22 Å². The van der Waals surface area contributed by atoms with E-state index in [1.807, 2.05) is 0 Å². The van der Waals surface area contributed by atoms with Gasteiger partial charge in [-0.1, -0.05) is 33.5 Å². The molecule has 0 saturated heterocycles. The van der Waals surface area contributed by atoms with Crippen LogP contribution in [-0.2, 0) is 0 Å². The van der Waals surface area contributed by atoms with Crippen molar-refractivity contribution in [3.8, 4) is 0 Å². The molecular formula is C5H14B2. The van der Waals surface area contributed by atoms with Gasteiger partial charge in [-0.3, -0.25) is 0 Å². The van der Waals surface area contributed by atoms with E-state index in [4.69, 9.17) is 0 Å². The molecule has 0 atom stereocenters. The van der Waals surface area contributed by atoms with Crippen LogP contribution in [0, 0.1) is 0 Å². The van der Waals surface area contributed by atoms with Crippen molar-refractivity contribution < 1.29 is 0 Å². The molecule has 0 aromatic rings. The van der Waals surface area contributed by atoms with Gasteiger partial charge in [0.2, 0.25) is 0 Å². The van der Waals surface area contributed by atoms with E-state index in [0.717, 1.165) is 13.4 Å². The van der Waals surface area contributed by atoms with Crippen LogP contribution in [0.15, 0.2) is 0 Å². The van der Waals surface area contributed by atoms with Crippen molar-refractivity contribution in [3.63, 3.8) is 0 Å². The first-order valence-electron chi connectivity index (χ1n) is 3.13. The molecule has 0 saturated carbocycles. The summed E-state index contributed by atoms with van der Waals surface area (Å²) in [6.45, 7) is 10.8. The fraction of sp³-hybridized carbons (Fsp3) is 1.00. The van der Waals surface area contributed by atoms with Crippen molar-refractivity contribution in [2.75, 3.05) is 0 Å². The van der Waals surface area contributed by atoms with Gasteiger partial charge in [0.1, 0.15) is 13.4 Å². The van der Waals surface area contributed by atoms with Gasteiger partial charge in [-0.2, -0.15) is 0 Å². The predicted molar refractivity (Wildman–Crippen MR) is 39.8 cm³/mol. The lowest BCUT2D eigenvalue weighted by Crippen LogP contribution is -2.10. The summed E-state index contributed by atoms with van der Waals surface area (Å²) < 4.78 is 0. The molecule has 0 N–H and O–H groups in total. The second-order valence-electron chi connectivity index (χ2n) is 3.02. The van der Waals surface area contributed by atoms with Crippen LogP contribution in [0.2, 0.25) is 33.5 Å². The van der Waals surface area contributed by atoms with Gasteiger partial charge in [-0.25, -0.2) is 0 Å². The molecule has 0 amide bonds. The molecule has 0 radical (unpaired) electrons. The van der Waals surface area contributed by atoms with Gasteiger partial charge < -0.3 is 0 Å². The van der Waals surface area contributed by atoms with Gasteiger partial charge in [-0.15, -0.1) is 0 Å². The molecule has 2 heteroatoms. The summed E-state index contributed by atoms with van der Waals surface area (Å²) >= 11 is 0. The highest BCUT2D eigenvalue weighted by Gasteiger charge is 2.02. The molecule has 0 bridgehead atoms. The molecule has 0 spiro atoms. The topological polar surface area (TPSA) is 0 Å². The molecule has 0 fully saturated rings. The largest absolute Gasteiger partial charge is 0.126 e. The number of rotatable bonds is 2. The van der Waals surface area contributed by atoms with Crippen LogP contribution < -0.4 is 0 Å². The third-order valence-corrected chi connectivity index (χ3v) is 0.943. The van der Waals surface area contributed by atoms with Gasteiger partial charge in [0.25, 0.3) is 0 Å². The lowest BCUT2D eigenvalue weighted by Gasteiger charge is -1.98. The average Bonchev–Trinajstić information content (AvgIpc) is 1.27. The Labute approximate surface area is 47.8 Å². The zero-order valence-corrected chi connectivity index (χ0v) is 5.86. The van der Waals surface area contributed by atoms with Gasteiger partial charge in [0.15, 0.2) is 0 Å². The lowest BCUT2D eigenvalue weighted by molar-refractivity contribution is 1.71. The first-order chi connectivity index (χ1) is 3.13. The van der Waals surface area contributed by atoms with E-state index in [9.17, 15) is 0 Å². The average molecular weight is 95.8 g/mol. The SMILES string of the molecule is CB(C)CB(C)C. The summed E-state index contributed by atoms with van der Waals surface area (Å²) in [5.74, 6) is 0. The summed E-state index contributed by atoms with van der Waals surface area (Å²) in [5, 5.41) is 0. The maximum Gasteiger partial charge on any atom is 0.126 e. The smallest absolute Gasteiger partial charge is 0.0957 e. The molecule has 0 aliphatic rings. The quantitative estimate of drug-likeness (QED) is 0.461. The Balaban J connectivity index is 2.95. The van der Waals surface area contributed by atoms with E-state index in [0.29, 0.717) is 0 Å². The Morgan fingerprint density at radius 1 is 0.857 bits per heavy atom. The molecule has 0 heterocycles. The molecule has 0 aromatic carbocycles. The monoisotopic (exact) mass is 96.1 g/mol. The summed E-state index contributed by atoms with van der Waals surface area (Å²) in [6, 6.07) is 0. The third kappa shape index (κ3) is 6.13. The standard InChI is InChI=1S/C5H14B2/c1-6(2)5-7(3)4/h5H2,1-4H3. The minimum absolute atomic E-state index is 0.875. The molecule has 0 aromatic heterocycles. The van der Waals surface area contributed by atoms with E-state index in [2.05, 4.69) is 27.3 Å². The van der Waals surface area contributed by atoms with Crippen LogP contribution in [0.5, 0.6) is 0 Å². The van der Waals surface area contributed by atoms with Crippen molar-refractivity contribution in [2.24, 2.45) is 0 Å². The van der Waals surface area contributed by atoms with Crippen LogP contribution in [0.1, 0.15) is 0 Å². The third-order valence-electron chi connectivity index (χ3n) is 0.943. The minimum Gasteiger partial charge on any atom is -0.0957 e. The van der Waals surface area contributed by atoms with Crippen LogP contribution in [-0.4, -0.2) is 13.4 Å². The van der Waals surface area contributed by atoms with Crippen molar-refractivity contribution in [2.45, 2.75) is 33.5 Å². The molecule has 7 heavy (non-hydrogen) atoms. The first-order valence-corrected chi connectivity index (χ1v) is 3.13. The fourth-order valence-electron chi connectivity index (χ4n) is 0.943. The first kappa shape index (κ1) is 7.13. The zero-order valence-electron chi connectivity index (χ0n) is 5.86. The summed E-state index contributed by atoms with van der Waals surface area (Å²) in [7, 11) is 0. The van der Waals surface area contributed by atoms with Crippen LogP contribution in [0.4, 0.5) is 0 Å². The highest BCUT2D eigenvalue weighted by Crippen LogP contribution is 1.94. The predicted octanol–water partition coefficient (Wildman–Crippen LogP) is 2.03. The van der Waals surface area contributed by atoms with Gasteiger partial charge in [-0.05, 0) is 0 Å². The van der Waals surface area contributed by atoms with Gasteiger partial charge in [0.05, 0.1) is 0 Å².